The van der Waals surface area contributed by atoms with Crippen molar-refractivity contribution in [1.29, 1.82) is 0 Å². The van der Waals surface area contributed by atoms with Gasteiger partial charge < -0.3 is 5.11 Å². The maximum Gasteiger partial charge on any atom is 0.154 e. The summed E-state index contributed by atoms with van der Waals surface area (Å²) in [7, 11) is 0. The average Bonchev–Trinajstić information content (AvgIpc) is 2.48. The second-order valence-electron chi connectivity index (χ2n) is 2.54. The molecule has 0 aliphatic carbocycles. The summed E-state index contributed by atoms with van der Waals surface area (Å²) in [6.07, 6.45) is 0. The molecule has 4 nitrogen and oxygen atoms in total. The number of benzene rings is 1. The Morgan fingerprint density at radius 1 is 1.58 bits per heavy atom. The van der Waals surface area contributed by atoms with Gasteiger partial charge in [0, 0.05) is 10.6 Å². The van der Waals surface area contributed by atoms with Crippen LogP contribution >= 0.6 is 11.6 Å². The molecule has 0 spiro atoms. The highest BCUT2D eigenvalue weighted by Gasteiger charge is 2.09. The first-order valence-corrected chi connectivity index (χ1v) is 3.77. The Balaban J connectivity index is 2.94. The molecule has 0 aliphatic heterocycles. The summed E-state index contributed by atoms with van der Waals surface area (Å²) in [5, 5.41) is 19.9. The minimum absolute atomic E-state index is 0.0891. The second-order valence-corrected chi connectivity index (χ2v) is 2.95. The number of aromatic hydroxyl groups is 1. The van der Waals surface area contributed by atoms with Crippen molar-refractivity contribution in [2.75, 3.05) is 0 Å². The summed E-state index contributed by atoms with van der Waals surface area (Å²) in [6, 6.07) is 1.69. The number of nitrogens with one attached hydrogen (secondary N) is 1. The first kappa shape index (κ1) is 7.36. The van der Waals surface area contributed by atoms with Gasteiger partial charge in [0.1, 0.15) is 5.75 Å². The van der Waals surface area contributed by atoms with Gasteiger partial charge in [-0.25, -0.2) is 0 Å². The highest BCUT2D eigenvalue weighted by molar-refractivity contribution is 6.32. The Labute approximate surface area is 73.2 Å². The van der Waals surface area contributed by atoms with Crippen molar-refractivity contribution in [2.24, 2.45) is 0 Å². The molecule has 0 aliphatic rings. The number of nitrogens with zero attached hydrogens (tertiary/aromatic N) is 2. The van der Waals surface area contributed by atoms with Crippen LogP contribution in [0.5, 0.6) is 5.75 Å². The van der Waals surface area contributed by atoms with Gasteiger partial charge in [-0.2, -0.15) is 0 Å². The van der Waals surface area contributed by atoms with Crippen molar-refractivity contribution in [1.82, 2.24) is 15.4 Å². The quantitative estimate of drug-likeness (QED) is 0.653. The second kappa shape index (κ2) is 2.35. The van der Waals surface area contributed by atoms with Crippen LogP contribution in [0, 0.1) is 6.92 Å². The van der Waals surface area contributed by atoms with Gasteiger partial charge in [-0.3, -0.25) is 5.10 Å². The number of hydrogen-bond donors (Lipinski definition) is 2. The van der Waals surface area contributed by atoms with Crippen LogP contribution in [0.4, 0.5) is 0 Å². The molecule has 0 atom stereocenters. The molecule has 0 amide bonds. The normalized spacial score (nSPS) is 10.8. The minimum Gasteiger partial charge on any atom is -0.505 e. The van der Waals surface area contributed by atoms with Crippen LogP contribution < -0.4 is 0 Å². The maximum absolute atomic E-state index is 9.52. The van der Waals surface area contributed by atoms with E-state index in [1.165, 1.54) is 0 Å². The fourth-order valence-corrected chi connectivity index (χ4v) is 1.24. The molecule has 0 fully saturated rings. The van der Waals surface area contributed by atoms with Gasteiger partial charge >= 0.3 is 0 Å². The van der Waals surface area contributed by atoms with Gasteiger partial charge in [0.15, 0.2) is 5.52 Å². The van der Waals surface area contributed by atoms with E-state index in [2.05, 4.69) is 15.4 Å². The van der Waals surface area contributed by atoms with Crippen molar-refractivity contribution in [3.8, 4) is 5.75 Å². The van der Waals surface area contributed by atoms with Crippen LogP contribution in [-0.4, -0.2) is 20.5 Å². The Kier molecular flexibility index (Phi) is 1.44. The van der Waals surface area contributed by atoms with Crippen LogP contribution in [0.25, 0.3) is 11.0 Å². The summed E-state index contributed by atoms with van der Waals surface area (Å²) < 4.78 is 0. The van der Waals surface area contributed by atoms with E-state index in [1.54, 1.807) is 13.0 Å². The van der Waals surface area contributed by atoms with Gasteiger partial charge in [0.2, 0.25) is 0 Å². The van der Waals surface area contributed by atoms with E-state index in [4.69, 9.17) is 11.6 Å². The Morgan fingerprint density at radius 3 is 3.08 bits per heavy atom. The standard InChI is InChI=1S/C7H6ClN3O/c1-3-4(8)2-5-6(7(3)12)10-11-9-5/h2,12H,1H3,(H,9,10,11). The number of H-pyrrole nitrogens is 1. The van der Waals surface area contributed by atoms with E-state index in [-0.39, 0.29) is 5.75 Å². The van der Waals surface area contributed by atoms with Crippen LogP contribution in [0.3, 0.4) is 0 Å². The number of rotatable bonds is 0. The van der Waals surface area contributed by atoms with Gasteiger partial charge in [0.05, 0.1) is 5.52 Å². The van der Waals surface area contributed by atoms with Crippen molar-refractivity contribution in [2.45, 2.75) is 6.92 Å². The number of halogens is 1. The smallest absolute Gasteiger partial charge is 0.154 e. The summed E-state index contributed by atoms with van der Waals surface area (Å²) >= 11 is 5.81. The first-order valence-electron chi connectivity index (χ1n) is 3.39. The largest absolute Gasteiger partial charge is 0.505 e. The molecule has 2 N–H and O–H groups in total. The zero-order chi connectivity index (χ0) is 8.72. The van der Waals surface area contributed by atoms with Crippen molar-refractivity contribution in [3.05, 3.63) is 16.7 Å². The molecule has 2 aromatic rings. The van der Waals surface area contributed by atoms with Gasteiger partial charge in [0.25, 0.3) is 0 Å². The third-order valence-electron chi connectivity index (χ3n) is 1.78. The number of phenols is 1. The number of hydrogen-bond acceptors (Lipinski definition) is 3. The van der Waals surface area contributed by atoms with Crippen molar-refractivity contribution in [3.63, 3.8) is 0 Å². The molecule has 62 valence electrons. The van der Waals surface area contributed by atoms with E-state index >= 15 is 0 Å². The van der Waals surface area contributed by atoms with E-state index in [1.807, 2.05) is 0 Å². The van der Waals surface area contributed by atoms with Crippen LogP contribution in [0.15, 0.2) is 6.07 Å². The lowest BCUT2D eigenvalue weighted by atomic mass is 10.2. The predicted octanol–water partition coefficient (Wildman–Crippen LogP) is 1.63. The van der Waals surface area contributed by atoms with Gasteiger partial charge in [-0.05, 0) is 13.0 Å². The van der Waals surface area contributed by atoms with Gasteiger partial charge in [-0.1, -0.05) is 16.8 Å². The first-order chi connectivity index (χ1) is 5.70. The van der Waals surface area contributed by atoms with Gasteiger partial charge in [-0.15, -0.1) is 5.10 Å². The average molecular weight is 184 g/mol. The fraction of sp³-hybridized carbons (Fsp3) is 0.143. The van der Waals surface area contributed by atoms with Crippen LogP contribution in [0.2, 0.25) is 5.02 Å². The van der Waals surface area contributed by atoms with Crippen LogP contribution in [-0.2, 0) is 0 Å². The number of phenolic OH excluding ortho intramolecular Hbond substituents is 1. The molecule has 0 unspecified atom stereocenters. The Hall–Kier alpha value is -1.29. The Bertz CT molecular complexity index is 437. The lowest BCUT2D eigenvalue weighted by Gasteiger charge is -1.99. The highest BCUT2D eigenvalue weighted by atomic mass is 35.5. The lowest BCUT2D eigenvalue weighted by molar-refractivity contribution is 0.476. The summed E-state index contributed by atoms with van der Waals surface area (Å²) in [4.78, 5) is 0. The van der Waals surface area contributed by atoms with E-state index in [0.717, 1.165) is 0 Å². The molecule has 1 heterocycles. The molecule has 1 aromatic carbocycles. The zero-order valence-corrected chi connectivity index (χ0v) is 7.05. The molecule has 12 heavy (non-hydrogen) atoms. The summed E-state index contributed by atoms with van der Waals surface area (Å²) in [5.41, 5.74) is 1.72. The third kappa shape index (κ3) is 0.848. The number of fused-ring (bicyclic) bond motifs is 1. The predicted molar refractivity (Wildman–Crippen MR) is 45.3 cm³/mol. The molecule has 0 bridgehead atoms. The molecule has 5 heteroatoms. The molecular formula is C7H6ClN3O. The zero-order valence-electron chi connectivity index (χ0n) is 6.30. The molecule has 1 aromatic heterocycles. The van der Waals surface area contributed by atoms with E-state index < -0.39 is 0 Å². The SMILES string of the molecule is Cc1c(Cl)cc2[nH]nnc2c1O. The van der Waals surface area contributed by atoms with Crippen LogP contribution in [0.1, 0.15) is 5.56 Å². The third-order valence-corrected chi connectivity index (χ3v) is 2.18. The highest BCUT2D eigenvalue weighted by Crippen LogP contribution is 2.30. The number of aromatic amines is 1. The molecule has 2 rings (SSSR count). The maximum atomic E-state index is 9.52. The molecule has 0 saturated carbocycles. The molecular weight excluding hydrogens is 178 g/mol. The molecule has 0 saturated heterocycles. The fourth-order valence-electron chi connectivity index (χ4n) is 1.04. The van der Waals surface area contributed by atoms with Crippen molar-refractivity contribution >= 4 is 22.6 Å². The molecule has 0 radical (unpaired) electrons. The summed E-state index contributed by atoms with van der Waals surface area (Å²) in [5.74, 6) is 0.0891. The van der Waals surface area contributed by atoms with E-state index in [0.29, 0.717) is 21.6 Å². The van der Waals surface area contributed by atoms with E-state index in [9.17, 15) is 5.11 Å². The number of aromatic nitrogens is 3. The topological polar surface area (TPSA) is 61.8 Å². The monoisotopic (exact) mass is 183 g/mol. The Morgan fingerprint density at radius 2 is 2.33 bits per heavy atom. The minimum atomic E-state index is 0.0891. The van der Waals surface area contributed by atoms with Crippen molar-refractivity contribution < 1.29 is 5.11 Å². The lowest BCUT2D eigenvalue weighted by Crippen LogP contribution is -1.79. The summed E-state index contributed by atoms with van der Waals surface area (Å²) in [6.45, 7) is 1.73.